The molecule has 0 aromatic heterocycles. The minimum Gasteiger partial charge on any atom is -0.0910 e. The molecule has 0 amide bonds. The van der Waals surface area contributed by atoms with Gasteiger partial charge in [0.1, 0.15) is 0 Å². The van der Waals surface area contributed by atoms with Crippen molar-refractivity contribution in [2.75, 3.05) is 0 Å². The van der Waals surface area contributed by atoms with Crippen LogP contribution in [0, 0.1) is 0 Å². The van der Waals surface area contributed by atoms with Crippen molar-refractivity contribution in [1.82, 2.24) is 0 Å². The van der Waals surface area contributed by atoms with Crippen molar-refractivity contribution in [3.8, 4) is 0 Å². The van der Waals surface area contributed by atoms with Crippen LogP contribution in [0.25, 0.3) is 0 Å². The highest BCUT2D eigenvalue weighted by Gasteiger charge is 2.28. The molecule has 0 N–H and O–H groups in total. The van der Waals surface area contributed by atoms with E-state index in [9.17, 15) is 0 Å². The molecule has 0 aliphatic rings. The summed E-state index contributed by atoms with van der Waals surface area (Å²) in [5.74, 6) is 0.565. The lowest BCUT2D eigenvalue weighted by Gasteiger charge is -2.17. The van der Waals surface area contributed by atoms with Crippen molar-refractivity contribution >= 4 is 55.0 Å². The maximum Gasteiger partial charge on any atom is 0.297 e. The van der Waals surface area contributed by atoms with Crippen LogP contribution in [-0.4, -0.2) is 3.93 Å². The normalized spacial score (nSPS) is 12.2. The van der Waals surface area contributed by atoms with E-state index in [2.05, 4.69) is 84.0 Å². The molecule has 0 atom stereocenters. The first-order valence-electron chi connectivity index (χ1n) is 4.09. The zero-order valence-corrected chi connectivity index (χ0v) is 13.3. The fourth-order valence-electron chi connectivity index (χ4n) is 1.26. The van der Waals surface area contributed by atoms with Crippen LogP contribution in [-0.2, 0) is 0 Å². The second kappa shape index (κ2) is 4.60. The van der Waals surface area contributed by atoms with Crippen LogP contribution in [0.3, 0.4) is 0 Å². The van der Waals surface area contributed by atoms with Crippen LogP contribution < -0.4 is 5.19 Å². The average molecular weight is 387 g/mol. The molecule has 0 nitrogen and oxygen atoms in total. The van der Waals surface area contributed by atoms with E-state index in [0.717, 1.165) is 0 Å². The van der Waals surface area contributed by atoms with Gasteiger partial charge in [-0.1, -0.05) is 84.0 Å². The van der Waals surface area contributed by atoms with Gasteiger partial charge in [-0.15, -0.1) is 0 Å². The van der Waals surface area contributed by atoms with E-state index in [1.807, 2.05) is 0 Å². The van der Waals surface area contributed by atoms with Gasteiger partial charge in [0.2, 0.25) is 0 Å². The molecule has 0 saturated heterocycles. The maximum atomic E-state index is 3.68. The Morgan fingerprint density at radius 3 is 2.00 bits per heavy atom. The summed E-state index contributed by atoms with van der Waals surface area (Å²) < 4.78 is -1.70. The van der Waals surface area contributed by atoms with E-state index in [1.165, 1.54) is 10.8 Å². The Kier molecular flexibility index (Phi) is 4.23. The van der Waals surface area contributed by atoms with Gasteiger partial charge in [0.05, 0.1) is 0 Å². The van der Waals surface area contributed by atoms with Gasteiger partial charge in [0, 0.05) is 0 Å². The average Bonchev–Trinajstić information content (AvgIpc) is 2.03. The standard InChI is InChI=1S/C9H11Br3Si/c1-7(2)8-5-3-4-6-9(8)13(10,11)12/h3-7H,1-2H3. The third kappa shape index (κ3) is 3.18. The molecule has 0 fully saturated rings. The third-order valence-electron chi connectivity index (χ3n) is 1.89. The first-order chi connectivity index (χ1) is 5.93. The lowest BCUT2D eigenvalue weighted by Crippen LogP contribution is -2.32. The number of hydrogen-bond donors (Lipinski definition) is 0. The Morgan fingerprint density at radius 1 is 1.08 bits per heavy atom. The van der Waals surface area contributed by atoms with Crippen molar-refractivity contribution in [2.45, 2.75) is 19.8 Å². The Bertz CT molecular complexity index is 291. The molecule has 1 aromatic rings. The lowest BCUT2D eigenvalue weighted by molar-refractivity contribution is 0.873. The van der Waals surface area contributed by atoms with Gasteiger partial charge in [0.15, 0.2) is 0 Å². The number of halogens is 3. The van der Waals surface area contributed by atoms with Crippen LogP contribution in [0.5, 0.6) is 0 Å². The fraction of sp³-hybridized carbons (Fsp3) is 0.333. The molecule has 0 saturated carbocycles. The van der Waals surface area contributed by atoms with Crippen LogP contribution >= 0.6 is 45.9 Å². The van der Waals surface area contributed by atoms with Crippen LogP contribution in [0.4, 0.5) is 0 Å². The minimum absolute atomic E-state index is 0.565. The topological polar surface area (TPSA) is 0 Å². The molecule has 0 radical (unpaired) electrons. The molecule has 4 heteroatoms. The molecule has 1 aromatic carbocycles. The van der Waals surface area contributed by atoms with Crippen molar-refractivity contribution < 1.29 is 0 Å². The zero-order valence-electron chi connectivity index (χ0n) is 7.52. The molecule has 0 spiro atoms. The van der Waals surface area contributed by atoms with Gasteiger partial charge < -0.3 is 0 Å². The van der Waals surface area contributed by atoms with E-state index < -0.39 is 3.93 Å². The monoisotopic (exact) mass is 384 g/mol. The molecular formula is C9H11Br3Si. The highest BCUT2D eigenvalue weighted by Crippen LogP contribution is 2.29. The van der Waals surface area contributed by atoms with Crippen molar-refractivity contribution in [1.29, 1.82) is 0 Å². The van der Waals surface area contributed by atoms with Gasteiger partial charge >= 0.3 is 0 Å². The Hall–Kier alpha value is 0.877. The predicted molar refractivity (Wildman–Crippen MR) is 72.7 cm³/mol. The van der Waals surface area contributed by atoms with Crippen LogP contribution in [0.2, 0.25) is 0 Å². The minimum atomic E-state index is -1.70. The molecule has 0 aliphatic heterocycles. The molecule has 0 heterocycles. The summed E-state index contributed by atoms with van der Waals surface area (Å²) in [6.45, 7) is 4.43. The summed E-state index contributed by atoms with van der Waals surface area (Å²) in [4.78, 5) is 0. The quantitative estimate of drug-likeness (QED) is 0.529. The van der Waals surface area contributed by atoms with E-state index in [1.54, 1.807) is 0 Å². The number of hydrogen-bond acceptors (Lipinski definition) is 0. The summed E-state index contributed by atoms with van der Waals surface area (Å²) in [6.07, 6.45) is 0. The molecule has 1 rings (SSSR count). The summed E-state index contributed by atoms with van der Waals surface area (Å²) in [5, 5.41) is 1.37. The second-order valence-electron chi connectivity index (χ2n) is 3.24. The molecule has 0 unspecified atom stereocenters. The van der Waals surface area contributed by atoms with Gasteiger partial charge in [-0.05, 0) is 16.7 Å². The van der Waals surface area contributed by atoms with Crippen LogP contribution in [0.15, 0.2) is 24.3 Å². The summed E-state index contributed by atoms with van der Waals surface area (Å²) >= 11 is 11.0. The zero-order chi connectivity index (χ0) is 10.1. The van der Waals surface area contributed by atoms with E-state index in [0.29, 0.717) is 5.92 Å². The summed E-state index contributed by atoms with van der Waals surface area (Å²) in [5.41, 5.74) is 1.40. The fourth-order valence-corrected chi connectivity index (χ4v) is 5.49. The smallest absolute Gasteiger partial charge is 0.0910 e. The second-order valence-corrected chi connectivity index (χ2v) is 25.1. The largest absolute Gasteiger partial charge is 0.297 e. The molecule has 0 bridgehead atoms. The predicted octanol–water partition coefficient (Wildman–Crippen LogP) is 4.14. The highest BCUT2D eigenvalue weighted by atomic mass is 80.0. The molecule has 13 heavy (non-hydrogen) atoms. The van der Waals surface area contributed by atoms with E-state index in [-0.39, 0.29) is 0 Å². The Balaban J connectivity index is 3.20. The van der Waals surface area contributed by atoms with Crippen molar-refractivity contribution in [2.24, 2.45) is 0 Å². The van der Waals surface area contributed by atoms with E-state index in [4.69, 9.17) is 0 Å². The molecular weight excluding hydrogens is 376 g/mol. The first kappa shape index (κ1) is 11.9. The summed E-state index contributed by atoms with van der Waals surface area (Å²) in [6, 6.07) is 8.52. The van der Waals surface area contributed by atoms with Gasteiger partial charge in [-0.3, -0.25) is 0 Å². The summed E-state index contributed by atoms with van der Waals surface area (Å²) in [7, 11) is 0. The molecule has 72 valence electrons. The first-order valence-corrected chi connectivity index (χ1v) is 12.9. The van der Waals surface area contributed by atoms with Crippen molar-refractivity contribution in [3.05, 3.63) is 29.8 Å². The van der Waals surface area contributed by atoms with Crippen LogP contribution in [0.1, 0.15) is 25.3 Å². The number of rotatable bonds is 2. The van der Waals surface area contributed by atoms with Crippen molar-refractivity contribution in [3.63, 3.8) is 0 Å². The van der Waals surface area contributed by atoms with Gasteiger partial charge in [0.25, 0.3) is 3.93 Å². The SMILES string of the molecule is CC(C)c1ccccc1[Si](Br)(Br)Br. The van der Waals surface area contributed by atoms with Gasteiger partial charge in [-0.25, -0.2) is 0 Å². The molecule has 0 aliphatic carbocycles. The van der Waals surface area contributed by atoms with E-state index >= 15 is 0 Å². The lowest BCUT2D eigenvalue weighted by atomic mass is 10.0. The Labute approximate surface area is 104 Å². The highest BCUT2D eigenvalue weighted by molar-refractivity contribution is 9.72. The van der Waals surface area contributed by atoms with Gasteiger partial charge in [-0.2, -0.15) is 0 Å². The third-order valence-corrected chi connectivity index (χ3v) is 6.80. The maximum absolute atomic E-state index is 3.68. The Morgan fingerprint density at radius 2 is 1.62 bits per heavy atom. The number of benzene rings is 1.